The molecule has 0 aromatic rings. The molecule has 1 aliphatic carbocycles. The van der Waals surface area contributed by atoms with Crippen molar-refractivity contribution in [3.05, 3.63) is 0 Å². The number of ether oxygens (including phenoxy) is 1. The highest BCUT2D eigenvalue weighted by molar-refractivity contribution is 5.78. The second kappa shape index (κ2) is 5.64. The van der Waals surface area contributed by atoms with Crippen molar-refractivity contribution in [2.24, 2.45) is 5.92 Å². The van der Waals surface area contributed by atoms with E-state index in [1.54, 1.807) is 6.92 Å². The lowest BCUT2D eigenvalue weighted by molar-refractivity contribution is -0.147. The predicted octanol–water partition coefficient (Wildman–Crippen LogP) is 1.64. The van der Waals surface area contributed by atoms with Crippen molar-refractivity contribution >= 4 is 5.97 Å². The van der Waals surface area contributed by atoms with Crippen molar-refractivity contribution in [1.82, 2.24) is 5.32 Å². The van der Waals surface area contributed by atoms with Crippen LogP contribution in [-0.2, 0) is 9.53 Å². The van der Waals surface area contributed by atoms with E-state index in [-0.39, 0.29) is 6.61 Å². The molecule has 0 bridgehead atoms. The number of methoxy groups -OCH3 is 1. The van der Waals surface area contributed by atoms with Gasteiger partial charge in [-0.3, -0.25) is 10.1 Å². The quantitative estimate of drug-likeness (QED) is 0.752. The number of carboxylic acids is 1. The number of carbonyl (C=O) groups is 1. The minimum Gasteiger partial charge on any atom is -0.480 e. The standard InChI is InChI=1S/C12H23NO3/c1-9-5-4-6-10(7-9)13-12(2,8-16-3)11(14)15/h9-10,13H,4-8H2,1-3H3,(H,14,15). The topological polar surface area (TPSA) is 58.6 Å². The van der Waals surface area contributed by atoms with Gasteiger partial charge in [-0.15, -0.1) is 0 Å². The molecule has 0 saturated heterocycles. The lowest BCUT2D eigenvalue weighted by atomic mass is 9.85. The Kier molecular flexibility index (Phi) is 4.74. The Bertz CT molecular complexity index is 244. The van der Waals surface area contributed by atoms with Crippen molar-refractivity contribution in [1.29, 1.82) is 0 Å². The van der Waals surface area contributed by atoms with Gasteiger partial charge in [0.05, 0.1) is 6.61 Å². The molecule has 1 rings (SSSR count). The van der Waals surface area contributed by atoms with Crippen molar-refractivity contribution in [3.8, 4) is 0 Å². The molecule has 0 aliphatic heterocycles. The normalized spacial score (nSPS) is 29.7. The van der Waals surface area contributed by atoms with Crippen LogP contribution >= 0.6 is 0 Å². The number of hydrogen-bond acceptors (Lipinski definition) is 3. The van der Waals surface area contributed by atoms with Gasteiger partial charge in [0.15, 0.2) is 0 Å². The first-order valence-electron chi connectivity index (χ1n) is 5.98. The second-order valence-electron chi connectivity index (χ2n) is 5.18. The molecule has 1 saturated carbocycles. The third-order valence-corrected chi connectivity index (χ3v) is 3.36. The van der Waals surface area contributed by atoms with E-state index < -0.39 is 11.5 Å². The minimum atomic E-state index is -0.962. The molecule has 0 amide bonds. The van der Waals surface area contributed by atoms with Gasteiger partial charge in [0.1, 0.15) is 5.54 Å². The maximum atomic E-state index is 11.2. The van der Waals surface area contributed by atoms with Crippen LogP contribution in [0.3, 0.4) is 0 Å². The molecule has 1 fully saturated rings. The Morgan fingerprint density at radius 1 is 1.56 bits per heavy atom. The number of aliphatic carboxylic acids is 1. The molecule has 3 atom stereocenters. The Morgan fingerprint density at radius 3 is 2.75 bits per heavy atom. The average Bonchev–Trinajstić information content (AvgIpc) is 2.17. The maximum Gasteiger partial charge on any atom is 0.326 e. The van der Waals surface area contributed by atoms with Crippen LogP contribution in [0.15, 0.2) is 0 Å². The first-order valence-corrected chi connectivity index (χ1v) is 5.98. The van der Waals surface area contributed by atoms with E-state index in [2.05, 4.69) is 12.2 Å². The van der Waals surface area contributed by atoms with Crippen molar-refractivity contribution in [3.63, 3.8) is 0 Å². The van der Waals surface area contributed by atoms with Crippen molar-refractivity contribution in [2.75, 3.05) is 13.7 Å². The molecule has 1 aliphatic rings. The first-order chi connectivity index (χ1) is 7.48. The number of carboxylic acid groups (broad SMARTS) is 1. The molecule has 94 valence electrons. The summed E-state index contributed by atoms with van der Waals surface area (Å²) in [6.07, 6.45) is 4.57. The van der Waals surface area contributed by atoms with E-state index in [4.69, 9.17) is 4.74 Å². The third kappa shape index (κ3) is 3.46. The zero-order chi connectivity index (χ0) is 12.2. The number of hydrogen-bond donors (Lipinski definition) is 2. The summed E-state index contributed by atoms with van der Waals surface area (Å²) in [4.78, 5) is 11.2. The Labute approximate surface area is 97.4 Å². The SMILES string of the molecule is COCC(C)(NC1CCCC(C)C1)C(=O)O. The van der Waals surface area contributed by atoms with Gasteiger partial charge in [-0.25, -0.2) is 0 Å². The fourth-order valence-corrected chi connectivity index (χ4v) is 2.47. The van der Waals surface area contributed by atoms with Crippen LogP contribution in [0.1, 0.15) is 39.5 Å². The molecular formula is C12H23NO3. The van der Waals surface area contributed by atoms with Crippen molar-refractivity contribution in [2.45, 2.75) is 51.1 Å². The Morgan fingerprint density at radius 2 is 2.25 bits per heavy atom. The highest BCUT2D eigenvalue weighted by Gasteiger charge is 2.36. The number of nitrogens with one attached hydrogen (secondary N) is 1. The largest absolute Gasteiger partial charge is 0.480 e. The molecule has 0 heterocycles. The van der Waals surface area contributed by atoms with E-state index in [0.717, 1.165) is 12.8 Å². The zero-order valence-corrected chi connectivity index (χ0v) is 10.5. The molecule has 2 N–H and O–H groups in total. The summed E-state index contributed by atoms with van der Waals surface area (Å²) in [5.74, 6) is -0.153. The summed E-state index contributed by atoms with van der Waals surface area (Å²) in [5.41, 5.74) is -0.962. The van der Waals surface area contributed by atoms with Crippen molar-refractivity contribution < 1.29 is 14.6 Å². The molecule has 0 spiro atoms. The van der Waals surface area contributed by atoms with Crippen LogP contribution in [0.4, 0.5) is 0 Å². The summed E-state index contributed by atoms with van der Waals surface area (Å²) in [6, 6.07) is 0.306. The van der Waals surface area contributed by atoms with Gasteiger partial charge in [-0.2, -0.15) is 0 Å². The summed E-state index contributed by atoms with van der Waals surface area (Å²) in [5, 5.41) is 12.5. The number of rotatable bonds is 5. The van der Waals surface area contributed by atoms with E-state index in [9.17, 15) is 9.90 Å². The Hall–Kier alpha value is -0.610. The fourth-order valence-electron chi connectivity index (χ4n) is 2.47. The molecule has 4 heteroatoms. The van der Waals surface area contributed by atoms with Crippen LogP contribution in [-0.4, -0.2) is 36.4 Å². The fraction of sp³-hybridized carbons (Fsp3) is 0.917. The zero-order valence-electron chi connectivity index (χ0n) is 10.5. The van der Waals surface area contributed by atoms with Gasteiger partial charge >= 0.3 is 5.97 Å². The highest BCUT2D eigenvalue weighted by Crippen LogP contribution is 2.25. The van der Waals surface area contributed by atoms with Gasteiger partial charge in [0, 0.05) is 13.2 Å². The molecular weight excluding hydrogens is 206 g/mol. The van der Waals surface area contributed by atoms with E-state index >= 15 is 0 Å². The first kappa shape index (κ1) is 13.5. The smallest absolute Gasteiger partial charge is 0.326 e. The van der Waals surface area contributed by atoms with Crippen LogP contribution in [0, 0.1) is 5.92 Å². The van der Waals surface area contributed by atoms with Crippen LogP contribution in [0.2, 0.25) is 0 Å². The summed E-state index contributed by atoms with van der Waals surface area (Å²) < 4.78 is 4.99. The highest BCUT2D eigenvalue weighted by atomic mass is 16.5. The summed E-state index contributed by atoms with van der Waals surface area (Å²) in [7, 11) is 1.53. The van der Waals surface area contributed by atoms with Gasteiger partial charge in [-0.05, 0) is 25.7 Å². The summed E-state index contributed by atoms with van der Waals surface area (Å²) >= 11 is 0. The van der Waals surface area contributed by atoms with E-state index in [1.165, 1.54) is 20.0 Å². The molecule has 0 radical (unpaired) electrons. The molecule has 0 aromatic carbocycles. The van der Waals surface area contributed by atoms with Crippen LogP contribution < -0.4 is 5.32 Å². The van der Waals surface area contributed by atoms with E-state index in [0.29, 0.717) is 12.0 Å². The van der Waals surface area contributed by atoms with E-state index in [1.807, 2.05) is 0 Å². The second-order valence-corrected chi connectivity index (χ2v) is 5.18. The van der Waals surface area contributed by atoms with Gasteiger partial charge in [-0.1, -0.05) is 19.8 Å². The van der Waals surface area contributed by atoms with Crippen LogP contribution in [0.5, 0.6) is 0 Å². The third-order valence-electron chi connectivity index (χ3n) is 3.36. The molecule has 3 unspecified atom stereocenters. The van der Waals surface area contributed by atoms with Gasteiger partial charge in [0.25, 0.3) is 0 Å². The molecule has 16 heavy (non-hydrogen) atoms. The molecule has 4 nitrogen and oxygen atoms in total. The predicted molar refractivity (Wildman–Crippen MR) is 62.5 cm³/mol. The minimum absolute atomic E-state index is 0.202. The lowest BCUT2D eigenvalue weighted by Gasteiger charge is -2.35. The Balaban J connectivity index is 2.57. The average molecular weight is 229 g/mol. The van der Waals surface area contributed by atoms with Crippen LogP contribution in [0.25, 0.3) is 0 Å². The summed E-state index contributed by atoms with van der Waals surface area (Å²) in [6.45, 7) is 4.12. The van der Waals surface area contributed by atoms with Gasteiger partial charge < -0.3 is 9.84 Å². The maximum absolute atomic E-state index is 11.2. The van der Waals surface area contributed by atoms with Gasteiger partial charge in [0.2, 0.25) is 0 Å². The monoisotopic (exact) mass is 229 g/mol. The molecule has 0 aromatic heterocycles. The lowest BCUT2D eigenvalue weighted by Crippen LogP contribution is -2.57.